The molecule has 3 rings (SSSR count). The van der Waals surface area contributed by atoms with Crippen molar-refractivity contribution in [2.75, 3.05) is 18.8 Å². The van der Waals surface area contributed by atoms with Gasteiger partial charge in [-0.25, -0.2) is 4.98 Å². The molecule has 1 saturated heterocycles. The highest BCUT2D eigenvalue weighted by atomic mass is 32.2. The largest absolute Gasteiger partial charge is 0.317 e. The molecule has 6 nitrogen and oxygen atoms in total. The van der Waals surface area contributed by atoms with Crippen molar-refractivity contribution < 1.29 is 9.13 Å². The zero-order valence-electron chi connectivity index (χ0n) is 11.3. The van der Waals surface area contributed by atoms with Crippen molar-refractivity contribution in [3.05, 3.63) is 28.3 Å². The lowest BCUT2D eigenvalue weighted by molar-refractivity contribution is -0.384. The third kappa shape index (κ3) is 3.28. The fourth-order valence-corrected chi connectivity index (χ4v) is 5.07. The third-order valence-corrected chi connectivity index (χ3v) is 6.50. The van der Waals surface area contributed by atoms with Gasteiger partial charge in [-0.3, -0.25) is 14.3 Å². The van der Waals surface area contributed by atoms with E-state index < -0.39 is 15.7 Å². The summed E-state index contributed by atoms with van der Waals surface area (Å²) >= 11 is 1.36. The van der Waals surface area contributed by atoms with Crippen LogP contribution in [0.5, 0.6) is 0 Å². The number of benzene rings is 1. The average Bonchev–Trinajstić information content (AvgIpc) is 2.91. The molecule has 8 heteroatoms. The van der Waals surface area contributed by atoms with E-state index in [4.69, 9.17) is 0 Å². The topological polar surface area (TPSA) is 85.1 Å². The van der Waals surface area contributed by atoms with E-state index in [2.05, 4.69) is 10.3 Å². The summed E-state index contributed by atoms with van der Waals surface area (Å²) in [6, 6.07) is 4.58. The summed E-state index contributed by atoms with van der Waals surface area (Å²) in [7, 11) is -1.12. The molecule has 21 heavy (non-hydrogen) atoms. The molecule has 1 atom stereocenters. The Labute approximate surface area is 128 Å². The second-order valence-electron chi connectivity index (χ2n) is 5.09. The first-order chi connectivity index (χ1) is 10.1. The lowest BCUT2D eigenvalue weighted by atomic mass is 10.0. The summed E-state index contributed by atoms with van der Waals surface area (Å²) < 4.78 is 13.8. The van der Waals surface area contributed by atoms with Crippen LogP contribution in [0.4, 0.5) is 5.69 Å². The van der Waals surface area contributed by atoms with Gasteiger partial charge < -0.3 is 5.32 Å². The molecule has 0 radical (unpaired) electrons. The number of thiazole rings is 1. The zero-order valence-corrected chi connectivity index (χ0v) is 12.9. The minimum atomic E-state index is -1.12. The number of rotatable bonds is 4. The molecule has 1 fully saturated rings. The Balaban J connectivity index is 1.79. The highest BCUT2D eigenvalue weighted by Crippen LogP contribution is 2.28. The van der Waals surface area contributed by atoms with E-state index in [0.717, 1.165) is 30.6 Å². The van der Waals surface area contributed by atoms with Crippen molar-refractivity contribution in [1.29, 1.82) is 0 Å². The van der Waals surface area contributed by atoms with E-state index in [1.165, 1.54) is 23.5 Å². The molecule has 1 aliphatic heterocycles. The molecule has 2 heterocycles. The van der Waals surface area contributed by atoms with Gasteiger partial charge in [-0.15, -0.1) is 11.3 Å². The van der Waals surface area contributed by atoms with Crippen molar-refractivity contribution in [1.82, 2.24) is 10.3 Å². The van der Waals surface area contributed by atoms with Crippen LogP contribution < -0.4 is 5.32 Å². The molecule has 112 valence electrons. The van der Waals surface area contributed by atoms with Gasteiger partial charge in [-0.2, -0.15) is 0 Å². The van der Waals surface area contributed by atoms with Gasteiger partial charge in [-0.1, -0.05) is 0 Å². The van der Waals surface area contributed by atoms with Crippen LogP contribution in [0, 0.1) is 16.0 Å². The molecule has 0 spiro atoms. The molecule has 0 bridgehead atoms. The average molecular weight is 325 g/mol. The zero-order chi connectivity index (χ0) is 14.8. The number of hydrogen-bond donors (Lipinski definition) is 1. The molecule has 1 aromatic heterocycles. The number of nitro groups is 1. The summed E-state index contributed by atoms with van der Waals surface area (Å²) in [5.74, 6) is 1.09. The number of nitrogens with one attached hydrogen (secondary N) is 1. The summed E-state index contributed by atoms with van der Waals surface area (Å²) in [5, 5.41) is 14.1. The van der Waals surface area contributed by atoms with Crippen LogP contribution >= 0.6 is 11.3 Å². The molecule has 0 amide bonds. The molecule has 1 N–H and O–H groups in total. The van der Waals surface area contributed by atoms with Gasteiger partial charge >= 0.3 is 0 Å². The Morgan fingerprint density at radius 2 is 2.19 bits per heavy atom. The minimum Gasteiger partial charge on any atom is -0.317 e. The molecule has 0 aliphatic carbocycles. The Morgan fingerprint density at radius 1 is 1.43 bits per heavy atom. The van der Waals surface area contributed by atoms with E-state index in [1.54, 1.807) is 6.07 Å². The number of non-ortho nitro benzene ring substituents is 1. The summed E-state index contributed by atoms with van der Waals surface area (Å²) in [6.45, 7) is 1.96. The smallest absolute Gasteiger partial charge is 0.271 e. The standard InChI is InChI=1S/C13H15N3O3S2/c17-16(18)10-1-2-12-11(7-10)15-13(20-12)21(19)8-9-3-5-14-6-4-9/h1-2,7,9,14H,3-6,8H2/t21-/m0/s1. The molecule has 1 aromatic carbocycles. The first-order valence-electron chi connectivity index (χ1n) is 6.77. The number of piperidine rings is 1. The SMILES string of the molecule is O=[N+]([O-])c1ccc2sc([S@@](=O)CC3CCNCC3)nc2c1. The number of hydrogen-bond acceptors (Lipinski definition) is 6. The van der Waals surface area contributed by atoms with E-state index in [1.807, 2.05) is 0 Å². The Kier molecular flexibility index (Phi) is 4.27. The second kappa shape index (κ2) is 6.17. The summed E-state index contributed by atoms with van der Waals surface area (Å²) in [6.07, 6.45) is 2.09. The van der Waals surface area contributed by atoms with Gasteiger partial charge in [0.25, 0.3) is 5.69 Å². The van der Waals surface area contributed by atoms with Gasteiger partial charge in [0.1, 0.15) is 0 Å². The fourth-order valence-electron chi connectivity index (χ4n) is 2.44. The minimum absolute atomic E-state index is 0.0171. The Hall–Kier alpha value is -1.38. The molecule has 0 saturated carbocycles. The van der Waals surface area contributed by atoms with Gasteiger partial charge in [0, 0.05) is 17.9 Å². The number of fused-ring (bicyclic) bond motifs is 1. The molecule has 0 unspecified atom stereocenters. The predicted octanol–water partition coefficient (Wildman–Crippen LogP) is 2.31. The molecular weight excluding hydrogens is 310 g/mol. The van der Waals surface area contributed by atoms with Gasteiger partial charge in [-0.05, 0) is 37.9 Å². The second-order valence-corrected chi connectivity index (χ2v) is 7.79. The predicted molar refractivity (Wildman–Crippen MR) is 83.1 cm³/mol. The summed E-state index contributed by atoms with van der Waals surface area (Å²) in [4.78, 5) is 14.6. The Bertz CT molecular complexity index is 695. The molecule has 1 aliphatic rings. The van der Waals surface area contributed by atoms with E-state index >= 15 is 0 Å². The van der Waals surface area contributed by atoms with Crippen molar-refractivity contribution in [3.8, 4) is 0 Å². The normalized spacial score (nSPS) is 17.9. The van der Waals surface area contributed by atoms with Crippen LogP contribution in [-0.4, -0.2) is 33.0 Å². The van der Waals surface area contributed by atoms with Crippen LogP contribution in [0.2, 0.25) is 0 Å². The van der Waals surface area contributed by atoms with E-state index in [0.29, 0.717) is 21.5 Å². The first-order valence-corrected chi connectivity index (χ1v) is 8.91. The van der Waals surface area contributed by atoms with Crippen molar-refractivity contribution in [3.63, 3.8) is 0 Å². The highest BCUT2D eigenvalue weighted by molar-refractivity contribution is 7.87. The lowest BCUT2D eigenvalue weighted by Gasteiger charge is -2.21. The maximum absolute atomic E-state index is 12.4. The number of aromatic nitrogens is 1. The van der Waals surface area contributed by atoms with Crippen LogP contribution in [0.3, 0.4) is 0 Å². The number of nitro benzene ring substituents is 1. The van der Waals surface area contributed by atoms with Gasteiger partial charge in [0.15, 0.2) is 4.34 Å². The van der Waals surface area contributed by atoms with E-state index in [9.17, 15) is 14.3 Å². The summed E-state index contributed by atoms with van der Waals surface area (Å²) in [5.41, 5.74) is 0.575. The molecule has 2 aromatic rings. The fraction of sp³-hybridized carbons (Fsp3) is 0.462. The van der Waals surface area contributed by atoms with Crippen molar-refractivity contribution in [2.45, 2.75) is 17.2 Å². The van der Waals surface area contributed by atoms with Gasteiger partial charge in [0.2, 0.25) is 0 Å². The lowest BCUT2D eigenvalue weighted by Crippen LogP contribution is -2.30. The van der Waals surface area contributed by atoms with Crippen LogP contribution in [-0.2, 0) is 10.8 Å². The molecular formula is C13H15N3O3S2. The quantitative estimate of drug-likeness (QED) is 0.689. The van der Waals surface area contributed by atoms with Crippen LogP contribution in [0.25, 0.3) is 10.2 Å². The van der Waals surface area contributed by atoms with Crippen molar-refractivity contribution in [2.24, 2.45) is 5.92 Å². The maximum atomic E-state index is 12.4. The first kappa shape index (κ1) is 14.6. The monoisotopic (exact) mass is 325 g/mol. The van der Waals surface area contributed by atoms with Crippen LogP contribution in [0.1, 0.15) is 12.8 Å². The van der Waals surface area contributed by atoms with Crippen LogP contribution in [0.15, 0.2) is 22.5 Å². The van der Waals surface area contributed by atoms with Crippen molar-refractivity contribution >= 4 is 38.0 Å². The highest BCUT2D eigenvalue weighted by Gasteiger charge is 2.20. The van der Waals surface area contributed by atoms with Gasteiger partial charge in [0.05, 0.1) is 25.9 Å². The Morgan fingerprint density at radius 3 is 2.90 bits per heavy atom. The number of nitrogens with zero attached hydrogens (tertiary/aromatic N) is 2. The third-order valence-electron chi connectivity index (χ3n) is 3.60. The maximum Gasteiger partial charge on any atom is 0.271 e. The van der Waals surface area contributed by atoms with E-state index in [-0.39, 0.29) is 5.69 Å².